The Bertz CT molecular complexity index is 1380. The van der Waals surface area contributed by atoms with E-state index >= 15 is 0 Å². The van der Waals surface area contributed by atoms with Crippen molar-refractivity contribution in [2.24, 2.45) is 0 Å². The lowest BCUT2D eigenvalue weighted by Crippen LogP contribution is -2.48. The Hall–Kier alpha value is -3.82. The molecule has 0 unspecified atom stereocenters. The molecule has 0 bridgehead atoms. The van der Waals surface area contributed by atoms with Gasteiger partial charge in [0, 0.05) is 18.1 Å². The number of carbonyl (C=O) groups excluding carboxylic acids is 1. The second-order valence-corrected chi connectivity index (χ2v) is 9.77. The Kier molecular flexibility index (Phi) is 7.38. The smallest absolute Gasteiger partial charge is 0.244 e. The molecule has 180 valence electrons. The number of hydrogen-bond acceptors (Lipinski definition) is 4. The molecule has 0 fully saturated rings. The summed E-state index contributed by atoms with van der Waals surface area (Å²) in [5.74, 6) is -1.40. The van der Waals surface area contributed by atoms with Gasteiger partial charge in [0.25, 0.3) is 0 Å². The summed E-state index contributed by atoms with van der Waals surface area (Å²) in [5, 5.41) is 2.88. The minimum atomic E-state index is -4.28. The average Bonchev–Trinajstić information content (AvgIpc) is 3.39. The monoisotopic (exact) mass is 492 g/mol. The molecule has 0 radical (unpaired) electrons. The van der Waals surface area contributed by atoms with Gasteiger partial charge in [-0.2, -0.15) is 4.72 Å². The van der Waals surface area contributed by atoms with Gasteiger partial charge in [-0.05, 0) is 48.7 Å². The molecule has 1 heterocycles. The molecule has 0 aliphatic carbocycles. The molecule has 0 spiro atoms. The van der Waals surface area contributed by atoms with Crippen LogP contribution in [0.4, 0.5) is 4.39 Å². The van der Waals surface area contributed by atoms with Gasteiger partial charge in [-0.3, -0.25) is 4.79 Å². The van der Waals surface area contributed by atoms with E-state index in [9.17, 15) is 17.6 Å². The van der Waals surface area contributed by atoms with Crippen LogP contribution in [0.5, 0.6) is 0 Å². The third-order valence-corrected chi connectivity index (χ3v) is 7.08. The number of amides is 1. The van der Waals surface area contributed by atoms with Crippen molar-refractivity contribution in [3.8, 4) is 5.69 Å². The van der Waals surface area contributed by atoms with Crippen LogP contribution in [0.1, 0.15) is 24.1 Å². The van der Waals surface area contributed by atoms with E-state index in [-0.39, 0.29) is 6.42 Å². The maximum Gasteiger partial charge on any atom is 0.244 e. The molecule has 1 amide bonds. The molecular formula is C26H25FN4O3S. The van der Waals surface area contributed by atoms with Gasteiger partial charge < -0.3 is 9.88 Å². The Balaban J connectivity index is 1.53. The van der Waals surface area contributed by atoms with Crippen molar-refractivity contribution < 1.29 is 17.6 Å². The van der Waals surface area contributed by atoms with Crippen LogP contribution in [-0.4, -0.2) is 29.9 Å². The SMILES string of the molecule is C[C@H](NC(=O)[C@H](Cc1ccccc1)NS(=O)(=O)c1ccccc1F)c1ccc(-n2ccnc2)cc1. The third kappa shape index (κ3) is 6.00. The summed E-state index contributed by atoms with van der Waals surface area (Å²) in [6.07, 6.45) is 5.31. The molecule has 1 aromatic heterocycles. The molecule has 2 atom stereocenters. The van der Waals surface area contributed by atoms with Gasteiger partial charge >= 0.3 is 0 Å². The van der Waals surface area contributed by atoms with Gasteiger partial charge in [-0.15, -0.1) is 0 Å². The largest absolute Gasteiger partial charge is 0.348 e. The Labute approximate surface area is 203 Å². The molecule has 0 saturated heterocycles. The summed E-state index contributed by atoms with van der Waals surface area (Å²) in [5.41, 5.74) is 2.53. The highest BCUT2D eigenvalue weighted by Crippen LogP contribution is 2.18. The summed E-state index contributed by atoms with van der Waals surface area (Å²) >= 11 is 0. The number of rotatable bonds is 9. The quantitative estimate of drug-likeness (QED) is 0.372. The van der Waals surface area contributed by atoms with E-state index in [0.717, 1.165) is 22.9 Å². The molecule has 0 aliphatic rings. The molecule has 0 aliphatic heterocycles. The van der Waals surface area contributed by atoms with E-state index in [1.807, 2.05) is 48.0 Å². The molecule has 4 rings (SSSR count). The number of halogens is 1. The summed E-state index contributed by atoms with van der Waals surface area (Å²) in [4.78, 5) is 16.8. The predicted octanol–water partition coefficient (Wildman–Crippen LogP) is 3.78. The van der Waals surface area contributed by atoms with Crippen molar-refractivity contribution >= 4 is 15.9 Å². The van der Waals surface area contributed by atoms with E-state index in [4.69, 9.17) is 0 Å². The summed E-state index contributed by atoms with van der Waals surface area (Å²) < 4.78 is 44.3. The van der Waals surface area contributed by atoms with Crippen LogP contribution in [0.2, 0.25) is 0 Å². The summed E-state index contributed by atoms with van der Waals surface area (Å²) in [6, 6.07) is 20.2. The van der Waals surface area contributed by atoms with Crippen molar-refractivity contribution in [2.45, 2.75) is 30.3 Å². The van der Waals surface area contributed by atoms with Crippen LogP contribution in [0.25, 0.3) is 5.69 Å². The highest BCUT2D eigenvalue weighted by molar-refractivity contribution is 7.89. The number of benzene rings is 3. The maximum atomic E-state index is 14.2. The number of imidazole rings is 1. The van der Waals surface area contributed by atoms with E-state index in [0.29, 0.717) is 0 Å². The first-order valence-corrected chi connectivity index (χ1v) is 12.5. The fourth-order valence-corrected chi connectivity index (χ4v) is 4.97. The molecule has 0 saturated carbocycles. The van der Waals surface area contributed by atoms with Crippen molar-refractivity contribution in [3.63, 3.8) is 0 Å². The minimum Gasteiger partial charge on any atom is -0.348 e. The van der Waals surface area contributed by atoms with Crippen molar-refractivity contribution in [1.29, 1.82) is 0 Å². The first kappa shape index (κ1) is 24.3. The van der Waals surface area contributed by atoms with Crippen molar-refractivity contribution in [3.05, 3.63) is 115 Å². The summed E-state index contributed by atoms with van der Waals surface area (Å²) in [6.45, 7) is 1.81. The zero-order chi connectivity index (χ0) is 24.8. The molecule has 35 heavy (non-hydrogen) atoms. The lowest BCUT2D eigenvalue weighted by Gasteiger charge is -2.22. The van der Waals surface area contributed by atoms with E-state index in [1.54, 1.807) is 36.8 Å². The Morgan fingerprint density at radius 3 is 2.34 bits per heavy atom. The van der Waals surface area contributed by atoms with Gasteiger partial charge in [0.2, 0.25) is 15.9 Å². The van der Waals surface area contributed by atoms with E-state index in [1.165, 1.54) is 18.2 Å². The number of sulfonamides is 1. The fraction of sp³-hybridized carbons (Fsp3) is 0.154. The third-order valence-electron chi connectivity index (χ3n) is 5.58. The highest BCUT2D eigenvalue weighted by Gasteiger charge is 2.28. The van der Waals surface area contributed by atoms with Crippen LogP contribution in [0.3, 0.4) is 0 Å². The van der Waals surface area contributed by atoms with Crippen LogP contribution >= 0.6 is 0 Å². The number of aromatic nitrogens is 2. The van der Waals surface area contributed by atoms with Crippen LogP contribution in [-0.2, 0) is 21.2 Å². The van der Waals surface area contributed by atoms with Gasteiger partial charge in [-0.25, -0.2) is 17.8 Å². The first-order chi connectivity index (χ1) is 16.8. The van der Waals surface area contributed by atoms with Gasteiger partial charge in [-0.1, -0.05) is 54.6 Å². The van der Waals surface area contributed by atoms with Crippen LogP contribution < -0.4 is 10.0 Å². The number of carbonyl (C=O) groups is 1. The number of nitrogens with one attached hydrogen (secondary N) is 2. The topological polar surface area (TPSA) is 93.1 Å². The second-order valence-electron chi connectivity index (χ2n) is 8.09. The van der Waals surface area contributed by atoms with Crippen molar-refractivity contribution in [1.82, 2.24) is 19.6 Å². The zero-order valence-electron chi connectivity index (χ0n) is 19.0. The molecule has 9 heteroatoms. The zero-order valence-corrected chi connectivity index (χ0v) is 19.8. The second kappa shape index (κ2) is 10.6. The van der Waals surface area contributed by atoms with Gasteiger partial charge in [0.05, 0.1) is 12.4 Å². The van der Waals surface area contributed by atoms with Gasteiger partial charge in [0.15, 0.2) is 0 Å². The standard InChI is InChI=1S/C26H25FN4O3S/c1-19(21-11-13-22(14-12-21)31-16-15-28-18-31)29-26(32)24(17-20-7-3-2-4-8-20)30-35(33,34)25-10-6-5-9-23(25)27/h2-16,18-19,24,30H,17H2,1H3,(H,29,32)/t19-,24-/m0/s1. The Morgan fingerprint density at radius 1 is 1.00 bits per heavy atom. The minimum absolute atomic E-state index is 0.104. The Morgan fingerprint density at radius 2 is 1.69 bits per heavy atom. The lowest BCUT2D eigenvalue weighted by molar-refractivity contribution is -0.123. The summed E-state index contributed by atoms with van der Waals surface area (Å²) in [7, 11) is -4.28. The molecule has 2 N–H and O–H groups in total. The highest BCUT2D eigenvalue weighted by atomic mass is 32.2. The van der Waals surface area contributed by atoms with Gasteiger partial charge in [0.1, 0.15) is 16.8 Å². The number of hydrogen-bond donors (Lipinski definition) is 2. The van der Waals surface area contributed by atoms with E-state index in [2.05, 4.69) is 15.0 Å². The van der Waals surface area contributed by atoms with Crippen molar-refractivity contribution in [2.75, 3.05) is 0 Å². The fourth-order valence-electron chi connectivity index (χ4n) is 3.70. The van der Waals surface area contributed by atoms with Crippen LogP contribution in [0, 0.1) is 5.82 Å². The maximum absolute atomic E-state index is 14.2. The number of nitrogens with zero attached hydrogens (tertiary/aromatic N) is 2. The predicted molar refractivity (Wildman–Crippen MR) is 131 cm³/mol. The molecule has 3 aromatic carbocycles. The molecule has 7 nitrogen and oxygen atoms in total. The first-order valence-electron chi connectivity index (χ1n) is 11.0. The molecular weight excluding hydrogens is 467 g/mol. The lowest BCUT2D eigenvalue weighted by atomic mass is 10.0. The molecule has 4 aromatic rings. The normalized spacial score (nSPS) is 13.2. The average molecular weight is 493 g/mol. The van der Waals surface area contributed by atoms with E-state index < -0.39 is 38.7 Å². The van der Waals surface area contributed by atoms with Crippen LogP contribution in [0.15, 0.2) is 102 Å².